The number of rotatable bonds is 2. The number of amides is 1. The summed E-state index contributed by atoms with van der Waals surface area (Å²) < 4.78 is 36.5. The highest BCUT2D eigenvalue weighted by molar-refractivity contribution is 5.74. The minimum absolute atomic E-state index is 0.0416. The molecule has 2 rings (SSSR count). The molecule has 1 saturated heterocycles. The van der Waals surface area contributed by atoms with Crippen LogP contribution < -0.4 is 0 Å². The van der Waals surface area contributed by atoms with Crippen molar-refractivity contribution >= 4 is 5.91 Å². The van der Waals surface area contributed by atoms with Gasteiger partial charge in [0.05, 0.1) is 6.42 Å². The summed E-state index contributed by atoms with van der Waals surface area (Å²) in [5, 5.41) is 0. The second kappa shape index (κ2) is 4.63. The monoisotopic (exact) mass is 257 g/mol. The van der Waals surface area contributed by atoms with E-state index < -0.39 is 12.6 Å². The summed E-state index contributed by atoms with van der Waals surface area (Å²) in [5.41, 5.74) is 1.27. The topological polar surface area (TPSA) is 20.3 Å². The van der Waals surface area contributed by atoms with Gasteiger partial charge in [0.1, 0.15) is 0 Å². The maximum atomic E-state index is 12.2. The summed E-state index contributed by atoms with van der Waals surface area (Å²) in [6.07, 6.45) is -5.05. The fourth-order valence-corrected chi connectivity index (χ4v) is 2.09. The van der Waals surface area contributed by atoms with Crippen LogP contribution in [0.25, 0.3) is 0 Å². The van der Waals surface area contributed by atoms with E-state index in [-0.39, 0.29) is 17.4 Å². The Morgan fingerprint density at radius 3 is 2.28 bits per heavy atom. The van der Waals surface area contributed by atoms with Crippen molar-refractivity contribution in [2.45, 2.75) is 25.4 Å². The first-order valence-electron chi connectivity index (χ1n) is 5.76. The molecule has 0 atom stereocenters. The molecular formula is C13H14F3NO. The SMILES string of the molecule is CC(=O)N1CC(c2ccc(CC(F)(F)F)cc2)C1. The van der Waals surface area contributed by atoms with E-state index in [1.54, 1.807) is 17.0 Å². The molecule has 18 heavy (non-hydrogen) atoms. The summed E-state index contributed by atoms with van der Waals surface area (Å²) in [6.45, 7) is 2.84. The fraction of sp³-hybridized carbons (Fsp3) is 0.462. The third-order valence-corrected chi connectivity index (χ3v) is 3.18. The smallest absolute Gasteiger partial charge is 0.342 e. The van der Waals surface area contributed by atoms with Crippen LogP contribution in [0.1, 0.15) is 24.0 Å². The normalized spacial score (nSPS) is 16.6. The largest absolute Gasteiger partial charge is 0.393 e. The second-order valence-electron chi connectivity index (χ2n) is 4.65. The van der Waals surface area contributed by atoms with Gasteiger partial charge in [-0.3, -0.25) is 4.79 Å². The number of hydrogen-bond donors (Lipinski definition) is 0. The molecule has 5 heteroatoms. The lowest BCUT2D eigenvalue weighted by Crippen LogP contribution is -2.47. The van der Waals surface area contributed by atoms with Gasteiger partial charge in [0.15, 0.2) is 0 Å². The zero-order valence-electron chi connectivity index (χ0n) is 10.00. The third kappa shape index (κ3) is 3.03. The van der Waals surface area contributed by atoms with E-state index in [1.165, 1.54) is 19.1 Å². The van der Waals surface area contributed by atoms with Gasteiger partial charge in [-0.15, -0.1) is 0 Å². The van der Waals surface area contributed by atoms with Crippen LogP contribution >= 0.6 is 0 Å². The van der Waals surface area contributed by atoms with Crippen LogP contribution in [-0.2, 0) is 11.2 Å². The molecule has 0 aliphatic carbocycles. The lowest BCUT2D eigenvalue weighted by molar-refractivity contribution is -0.133. The van der Waals surface area contributed by atoms with Crippen molar-refractivity contribution in [3.63, 3.8) is 0 Å². The minimum atomic E-state index is -4.16. The van der Waals surface area contributed by atoms with Crippen LogP contribution in [0.2, 0.25) is 0 Å². The quantitative estimate of drug-likeness (QED) is 0.797. The van der Waals surface area contributed by atoms with Gasteiger partial charge in [0, 0.05) is 25.9 Å². The summed E-state index contributed by atoms with van der Waals surface area (Å²) in [5.74, 6) is 0.300. The molecule has 0 aromatic heterocycles. The Labute approximate surface area is 103 Å². The van der Waals surface area contributed by atoms with Crippen LogP contribution in [0.3, 0.4) is 0 Å². The van der Waals surface area contributed by atoms with Crippen LogP contribution in [0.15, 0.2) is 24.3 Å². The van der Waals surface area contributed by atoms with E-state index in [2.05, 4.69) is 0 Å². The molecule has 1 amide bonds. The lowest BCUT2D eigenvalue weighted by atomic mass is 9.90. The number of likely N-dealkylation sites (tertiary alicyclic amines) is 1. The van der Waals surface area contributed by atoms with Crippen molar-refractivity contribution in [2.75, 3.05) is 13.1 Å². The van der Waals surface area contributed by atoms with Crippen molar-refractivity contribution in [2.24, 2.45) is 0 Å². The number of carbonyl (C=O) groups excluding carboxylic acids is 1. The van der Waals surface area contributed by atoms with E-state index in [0.717, 1.165) is 5.56 Å². The Bertz CT molecular complexity index is 433. The van der Waals surface area contributed by atoms with Crippen molar-refractivity contribution in [3.8, 4) is 0 Å². The summed E-state index contributed by atoms with van der Waals surface area (Å²) in [6, 6.07) is 6.48. The number of benzene rings is 1. The fourth-order valence-electron chi connectivity index (χ4n) is 2.09. The molecule has 1 heterocycles. The predicted octanol–water partition coefficient (Wildman–Crippen LogP) is 2.74. The highest BCUT2D eigenvalue weighted by atomic mass is 19.4. The Hall–Kier alpha value is -1.52. The van der Waals surface area contributed by atoms with Gasteiger partial charge < -0.3 is 4.90 Å². The van der Waals surface area contributed by atoms with Crippen molar-refractivity contribution in [3.05, 3.63) is 35.4 Å². The zero-order chi connectivity index (χ0) is 13.3. The number of halogens is 3. The van der Waals surface area contributed by atoms with Crippen LogP contribution in [-0.4, -0.2) is 30.1 Å². The van der Waals surface area contributed by atoms with Gasteiger partial charge in [-0.25, -0.2) is 0 Å². The maximum Gasteiger partial charge on any atom is 0.393 e. The van der Waals surface area contributed by atoms with Gasteiger partial charge in [-0.1, -0.05) is 24.3 Å². The van der Waals surface area contributed by atoms with E-state index in [0.29, 0.717) is 13.1 Å². The molecule has 98 valence electrons. The molecule has 0 N–H and O–H groups in total. The molecule has 0 unspecified atom stereocenters. The molecule has 1 aromatic rings. The van der Waals surface area contributed by atoms with E-state index in [9.17, 15) is 18.0 Å². The molecule has 1 aromatic carbocycles. The van der Waals surface area contributed by atoms with E-state index in [4.69, 9.17) is 0 Å². The molecule has 1 fully saturated rings. The van der Waals surface area contributed by atoms with Gasteiger partial charge >= 0.3 is 6.18 Å². The maximum absolute atomic E-state index is 12.2. The van der Waals surface area contributed by atoms with E-state index in [1.807, 2.05) is 0 Å². The predicted molar refractivity (Wildman–Crippen MR) is 61.2 cm³/mol. The molecule has 0 radical (unpaired) electrons. The van der Waals surface area contributed by atoms with Crippen LogP contribution in [0.5, 0.6) is 0 Å². The average Bonchev–Trinajstić information content (AvgIpc) is 2.15. The number of alkyl halides is 3. The molecule has 0 saturated carbocycles. The van der Waals surface area contributed by atoms with Crippen LogP contribution in [0.4, 0.5) is 13.2 Å². The number of hydrogen-bond acceptors (Lipinski definition) is 1. The molecular weight excluding hydrogens is 243 g/mol. The Morgan fingerprint density at radius 2 is 1.83 bits per heavy atom. The average molecular weight is 257 g/mol. The lowest BCUT2D eigenvalue weighted by Gasteiger charge is -2.39. The minimum Gasteiger partial charge on any atom is -0.342 e. The summed E-state index contributed by atoms with van der Waals surface area (Å²) in [7, 11) is 0. The highest BCUT2D eigenvalue weighted by Gasteiger charge is 2.30. The summed E-state index contributed by atoms with van der Waals surface area (Å²) in [4.78, 5) is 12.7. The Balaban J connectivity index is 1.95. The first-order chi connectivity index (χ1) is 8.35. The van der Waals surface area contributed by atoms with Crippen molar-refractivity contribution in [1.29, 1.82) is 0 Å². The zero-order valence-corrected chi connectivity index (χ0v) is 10.00. The highest BCUT2D eigenvalue weighted by Crippen LogP contribution is 2.28. The van der Waals surface area contributed by atoms with Crippen molar-refractivity contribution < 1.29 is 18.0 Å². The molecule has 1 aliphatic heterocycles. The van der Waals surface area contributed by atoms with Gasteiger partial charge in [0.2, 0.25) is 5.91 Å². The summed E-state index contributed by atoms with van der Waals surface area (Å²) >= 11 is 0. The third-order valence-electron chi connectivity index (χ3n) is 3.18. The first-order valence-corrected chi connectivity index (χ1v) is 5.76. The van der Waals surface area contributed by atoms with Crippen molar-refractivity contribution in [1.82, 2.24) is 4.90 Å². The molecule has 0 spiro atoms. The standard InChI is InChI=1S/C13H14F3NO/c1-9(18)17-7-12(8-17)11-4-2-10(3-5-11)6-13(14,15)16/h2-5,12H,6-8H2,1H3. The van der Waals surface area contributed by atoms with Gasteiger partial charge in [0.25, 0.3) is 0 Å². The number of carbonyl (C=O) groups is 1. The number of nitrogens with zero attached hydrogens (tertiary/aromatic N) is 1. The second-order valence-corrected chi connectivity index (χ2v) is 4.65. The van der Waals surface area contributed by atoms with Gasteiger partial charge in [-0.2, -0.15) is 13.2 Å². The van der Waals surface area contributed by atoms with Crippen LogP contribution in [0, 0.1) is 0 Å². The van der Waals surface area contributed by atoms with Gasteiger partial charge in [-0.05, 0) is 11.1 Å². The molecule has 0 bridgehead atoms. The Kier molecular flexibility index (Phi) is 3.32. The molecule has 1 aliphatic rings. The first kappa shape index (κ1) is 12.9. The Morgan fingerprint density at radius 1 is 1.28 bits per heavy atom. The van der Waals surface area contributed by atoms with E-state index >= 15 is 0 Å². The molecule has 2 nitrogen and oxygen atoms in total.